The number of nitrogens with one attached hydrogen (secondary N) is 1. The molecule has 1 N–H and O–H groups in total. The average Bonchev–Trinajstić information content (AvgIpc) is 1.83. The standard InChI is InChI=1S/C6H13NO/c1-3-6(7)4-5-8-2/h7H,3-5H2,1-2H3. The summed E-state index contributed by atoms with van der Waals surface area (Å²) < 4.78 is 4.77. The third-order valence-electron chi connectivity index (χ3n) is 1.03. The molecule has 8 heavy (non-hydrogen) atoms. The van der Waals surface area contributed by atoms with Crippen molar-refractivity contribution in [3.05, 3.63) is 0 Å². The van der Waals surface area contributed by atoms with Crippen molar-refractivity contribution in [2.24, 2.45) is 0 Å². The van der Waals surface area contributed by atoms with Crippen molar-refractivity contribution in [3.63, 3.8) is 0 Å². The maximum atomic E-state index is 7.16. The van der Waals surface area contributed by atoms with E-state index in [0.717, 1.165) is 18.6 Å². The minimum atomic E-state index is 0.687. The largest absolute Gasteiger partial charge is 0.384 e. The molecule has 0 aliphatic rings. The highest BCUT2D eigenvalue weighted by molar-refractivity contribution is 5.80. The van der Waals surface area contributed by atoms with Crippen LogP contribution in [-0.2, 0) is 4.74 Å². The molecule has 2 nitrogen and oxygen atoms in total. The molecular weight excluding hydrogens is 102 g/mol. The van der Waals surface area contributed by atoms with Gasteiger partial charge < -0.3 is 10.1 Å². The molecular formula is C6H13NO. The Hall–Kier alpha value is -0.370. The molecule has 2 heteroatoms. The van der Waals surface area contributed by atoms with Gasteiger partial charge in [-0.05, 0) is 6.42 Å². The molecule has 0 saturated carbocycles. The Balaban J connectivity index is 2.99. The smallest absolute Gasteiger partial charge is 0.0514 e. The second-order valence-corrected chi connectivity index (χ2v) is 1.70. The molecule has 0 saturated heterocycles. The van der Waals surface area contributed by atoms with Gasteiger partial charge in [0.2, 0.25) is 0 Å². The monoisotopic (exact) mass is 115 g/mol. The highest BCUT2D eigenvalue weighted by Crippen LogP contribution is 1.87. The van der Waals surface area contributed by atoms with Gasteiger partial charge in [-0.3, -0.25) is 0 Å². The Bertz CT molecular complexity index is 70.9. The van der Waals surface area contributed by atoms with Gasteiger partial charge in [-0.2, -0.15) is 0 Å². The van der Waals surface area contributed by atoms with Crippen molar-refractivity contribution < 1.29 is 4.74 Å². The first-order valence-electron chi connectivity index (χ1n) is 2.86. The summed E-state index contributed by atoms with van der Waals surface area (Å²) in [5, 5.41) is 7.16. The molecule has 0 fully saturated rings. The quantitative estimate of drug-likeness (QED) is 0.553. The van der Waals surface area contributed by atoms with Crippen LogP contribution in [0.2, 0.25) is 0 Å². The van der Waals surface area contributed by atoms with E-state index in [-0.39, 0.29) is 0 Å². The summed E-state index contributed by atoms with van der Waals surface area (Å²) in [6.45, 7) is 2.67. The molecule has 0 aromatic carbocycles. The summed E-state index contributed by atoms with van der Waals surface area (Å²) in [7, 11) is 1.66. The van der Waals surface area contributed by atoms with Crippen LogP contribution < -0.4 is 0 Å². The van der Waals surface area contributed by atoms with Crippen molar-refractivity contribution in [2.45, 2.75) is 19.8 Å². The Morgan fingerprint density at radius 2 is 2.25 bits per heavy atom. The number of hydrogen-bond donors (Lipinski definition) is 1. The van der Waals surface area contributed by atoms with E-state index in [1.807, 2.05) is 6.92 Å². The van der Waals surface area contributed by atoms with Gasteiger partial charge in [0, 0.05) is 19.2 Å². The first-order valence-corrected chi connectivity index (χ1v) is 2.86. The van der Waals surface area contributed by atoms with Crippen LogP contribution in [0.3, 0.4) is 0 Å². The van der Waals surface area contributed by atoms with E-state index in [2.05, 4.69) is 0 Å². The van der Waals surface area contributed by atoms with Gasteiger partial charge in [0.25, 0.3) is 0 Å². The molecule has 0 rings (SSSR count). The van der Waals surface area contributed by atoms with Gasteiger partial charge in [-0.15, -0.1) is 0 Å². The van der Waals surface area contributed by atoms with Gasteiger partial charge >= 0.3 is 0 Å². The maximum Gasteiger partial charge on any atom is 0.0514 e. The third-order valence-corrected chi connectivity index (χ3v) is 1.03. The van der Waals surface area contributed by atoms with E-state index in [0.29, 0.717) is 6.61 Å². The van der Waals surface area contributed by atoms with Crippen molar-refractivity contribution in [1.29, 1.82) is 5.41 Å². The number of ether oxygens (including phenoxy) is 1. The fraction of sp³-hybridized carbons (Fsp3) is 0.833. The second-order valence-electron chi connectivity index (χ2n) is 1.70. The third kappa shape index (κ3) is 3.81. The average molecular weight is 115 g/mol. The zero-order chi connectivity index (χ0) is 6.41. The van der Waals surface area contributed by atoms with Gasteiger partial charge in [-0.1, -0.05) is 6.92 Å². The van der Waals surface area contributed by atoms with Crippen molar-refractivity contribution >= 4 is 5.71 Å². The van der Waals surface area contributed by atoms with Crippen molar-refractivity contribution in [2.75, 3.05) is 13.7 Å². The summed E-state index contributed by atoms with van der Waals surface area (Å²) in [6, 6.07) is 0. The normalized spacial score (nSPS) is 9.25. The van der Waals surface area contributed by atoms with E-state index in [9.17, 15) is 0 Å². The molecule has 0 aromatic heterocycles. The second kappa shape index (κ2) is 4.78. The molecule has 48 valence electrons. The number of methoxy groups -OCH3 is 1. The van der Waals surface area contributed by atoms with E-state index in [1.54, 1.807) is 7.11 Å². The highest BCUT2D eigenvalue weighted by Gasteiger charge is 1.89. The van der Waals surface area contributed by atoms with Crippen LogP contribution in [0, 0.1) is 5.41 Å². The van der Waals surface area contributed by atoms with Crippen molar-refractivity contribution in [3.8, 4) is 0 Å². The lowest BCUT2D eigenvalue weighted by atomic mass is 10.2. The fourth-order valence-electron chi connectivity index (χ4n) is 0.402. The maximum absolute atomic E-state index is 7.16. The van der Waals surface area contributed by atoms with Crippen LogP contribution in [0.5, 0.6) is 0 Å². The molecule has 0 radical (unpaired) electrons. The molecule has 0 aliphatic heterocycles. The zero-order valence-electron chi connectivity index (χ0n) is 5.53. The molecule has 0 spiro atoms. The molecule has 0 aliphatic carbocycles. The number of rotatable bonds is 4. The molecule has 0 heterocycles. The fourth-order valence-corrected chi connectivity index (χ4v) is 0.402. The molecule has 0 aromatic rings. The topological polar surface area (TPSA) is 33.1 Å². The molecule has 0 amide bonds. The Kier molecular flexibility index (Phi) is 4.56. The van der Waals surface area contributed by atoms with Gasteiger partial charge in [0.15, 0.2) is 0 Å². The van der Waals surface area contributed by atoms with Crippen LogP contribution in [0.15, 0.2) is 0 Å². The van der Waals surface area contributed by atoms with Gasteiger partial charge in [0.1, 0.15) is 0 Å². The summed E-state index contributed by atoms with van der Waals surface area (Å²) in [4.78, 5) is 0. The van der Waals surface area contributed by atoms with Crippen molar-refractivity contribution in [1.82, 2.24) is 0 Å². The first kappa shape index (κ1) is 7.63. The van der Waals surface area contributed by atoms with Crippen LogP contribution >= 0.6 is 0 Å². The Labute approximate surface area is 50.4 Å². The lowest BCUT2D eigenvalue weighted by Crippen LogP contribution is -1.98. The Morgan fingerprint density at radius 3 is 2.62 bits per heavy atom. The van der Waals surface area contributed by atoms with E-state index >= 15 is 0 Å². The van der Waals surface area contributed by atoms with E-state index in [4.69, 9.17) is 10.1 Å². The predicted octanol–water partition coefficient (Wildman–Crippen LogP) is 1.45. The molecule has 0 atom stereocenters. The van der Waals surface area contributed by atoms with E-state index < -0.39 is 0 Å². The lowest BCUT2D eigenvalue weighted by molar-refractivity contribution is 0.207. The van der Waals surface area contributed by atoms with Crippen LogP contribution in [0.1, 0.15) is 19.8 Å². The predicted molar refractivity (Wildman–Crippen MR) is 34.5 cm³/mol. The van der Waals surface area contributed by atoms with E-state index in [1.165, 1.54) is 0 Å². The van der Waals surface area contributed by atoms with Gasteiger partial charge in [0.05, 0.1) is 6.61 Å². The summed E-state index contributed by atoms with van der Waals surface area (Å²) >= 11 is 0. The minimum absolute atomic E-state index is 0.687. The van der Waals surface area contributed by atoms with Crippen LogP contribution in [0.25, 0.3) is 0 Å². The number of hydrogen-bond acceptors (Lipinski definition) is 2. The lowest BCUT2D eigenvalue weighted by Gasteiger charge is -1.96. The summed E-state index contributed by atoms with van der Waals surface area (Å²) in [5.74, 6) is 0. The first-order chi connectivity index (χ1) is 3.81. The SMILES string of the molecule is CCC(=N)CCOC. The van der Waals surface area contributed by atoms with Crippen LogP contribution in [-0.4, -0.2) is 19.4 Å². The summed E-state index contributed by atoms with van der Waals surface area (Å²) in [6.07, 6.45) is 1.64. The zero-order valence-corrected chi connectivity index (χ0v) is 5.53. The summed E-state index contributed by atoms with van der Waals surface area (Å²) in [5.41, 5.74) is 0.770. The molecule has 0 unspecified atom stereocenters. The van der Waals surface area contributed by atoms with Gasteiger partial charge in [-0.25, -0.2) is 0 Å². The molecule has 0 bridgehead atoms. The Morgan fingerprint density at radius 1 is 1.62 bits per heavy atom. The minimum Gasteiger partial charge on any atom is -0.384 e. The highest BCUT2D eigenvalue weighted by atomic mass is 16.5. The van der Waals surface area contributed by atoms with Crippen LogP contribution in [0.4, 0.5) is 0 Å².